The van der Waals surface area contributed by atoms with Crippen molar-refractivity contribution in [2.75, 3.05) is 20.2 Å². The van der Waals surface area contributed by atoms with E-state index in [1.165, 1.54) is 20.0 Å². The predicted molar refractivity (Wildman–Crippen MR) is 126 cm³/mol. The second-order valence-corrected chi connectivity index (χ2v) is 9.86. The summed E-state index contributed by atoms with van der Waals surface area (Å²) in [5.74, 6) is 1.10. The molecule has 2 aliphatic rings. The third-order valence-corrected chi connectivity index (χ3v) is 7.02. The zero-order chi connectivity index (χ0) is 22.7. The molecule has 0 heterocycles. The number of hydrogen-bond acceptors (Lipinski definition) is 5. The van der Waals surface area contributed by atoms with Gasteiger partial charge in [-0.05, 0) is 70.3 Å². The summed E-state index contributed by atoms with van der Waals surface area (Å²) in [6.45, 7) is 5.70. The van der Waals surface area contributed by atoms with Gasteiger partial charge in [0.05, 0.1) is 25.2 Å². The van der Waals surface area contributed by atoms with Crippen LogP contribution in [0, 0.1) is 17.8 Å². The van der Waals surface area contributed by atoms with E-state index >= 15 is 0 Å². The Bertz CT molecular complexity index is 598. The van der Waals surface area contributed by atoms with Crippen molar-refractivity contribution in [1.82, 2.24) is 5.32 Å². The summed E-state index contributed by atoms with van der Waals surface area (Å²) < 4.78 is 4.63. The van der Waals surface area contributed by atoms with E-state index in [1.54, 1.807) is 5.57 Å². The van der Waals surface area contributed by atoms with E-state index in [0.717, 1.165) is 51.5 Å². The molecule has 0 aliphatic heterocycles. The minimum Gasteiger partial charge on any atom is -0.469 e. The number of aliphatic hydroxyl groups excluding tert-OH is 1. The standard InChI is InChI=1S/C26H45NO4/c1-4-5-13-26(2,30)14-9-11-22-23-18-20(17-21(23)19-24(22)28)10-7-6-8-15-27-16-12-25(29)31-3/h9,11,17,21-24,27-28,30H,4-8,10,12-16,18-19H2,1-3H3/t21-,22+,23-,24+,26-/m0/s1. The number of nitrogens with one attached hydrogen (secondary N) is 1. The average molecular weight is 436 g/mol. The number of ether oxygens (including phenoxy) is 1. The first-order valence-corrected chi connectivity index (χ1v) is 12.4. The Kier molecular flexibility index (Phi) is 11.3. The number of allylic oxidation sites excluding steroid dienone is 2. The summed E-state index contributed by atoms with van der Waals surface area (Å²) >= 11 is 0. The van der Waals surface area contributed by atoms with Gasteiger partial charge in [-0.2, -0.15) is 0 Å². The maximum Gasteiger partial charge on any atom is 0.306 e. The molecule has 2 aliphatic carbocycles. The number of methoxy groups -OCH3 is 1. The number of rotatable bonds is 15. The fourth-order valence-electron chi connectivity index (χ4n) is 5.13. The SMILES string of the molecule is CCCC[C@](C)(O)CC=C[C@@H]1[C@H]2CC(CCCCCNCCC(=O)OC)=C[C@H]2C[C@H]1O. The van der Waals surface area contributed by atoms with Crippen LogP contribution in [0.25, 0.3) is 0 Å². The Morgan fingerprint density at radius 3 is 2.84 bits per heavy atom. The van der Waals surface area contributed by atoms with Crippen molar-refractivity contribution in [2.45, 2.75) is 96.2 Å². The van der Waals surface area contributed by atoms with Gasteiger partial charge in [0.15, 0.2) is 0 Å². The van der Waals surface area contributed by atoms with Gasteiger partial charge in [0.2, 0.25) is 0 Å². The maximum absolute atomic E-state index is 11.1. The van der Waals surface area contributed by atoms with Gasteiger partial charge in [-0.1, -0.05) is 50.0 Å². The number of carbonyl (C=O) groups excluding carboxylic acids is 1. The first-order valence-electron chi connectivity index (χ1n) is 12.4. The Balaban J connectivity index is 1.64. The molecule has 5 nitrogen and oxygen atoms in total. The van der Waals surface area contributed by atoms with Crippen LogP contribution >= 0.6 is 0 Å². The summed E-state index contributed by atoms with van der Waals surface area (Å²) in [5.41, 5.74) is 0.928. The third-order valence-electron chi connectivity index (χ3n) is 7.02. The van der Waals surface area contributed by atoms with Crippen LogP contribution in [0.1, 0.15) is 84.5 Å². The van der Waals surface area contributed by atoms with Crippen LogP contribution in [0.4, 0.5) is 0 Å². The lowest BCUT2D eigenvalue weighted by Gasteiger charge is -2.22. The van der Waals surface area contributed by atoms with Crippen LogP contribution in [-0.2, 0) is 9.53 Å². The highest BCUT2D eigenvalue weighted by Crippen LogP contribution is 2.48. The van der Waals surface area contributed by atoms with Crippen LogP contribution in [0.2, 0.25) is 0 Å². The summed E-state index contributed by atoms with van der Waals surface area (Å²) in [6.07, 6.45) is 17.2. The second kappa shape index (κ2) is 13.4. The van der Waals surface area contributed by atoms with Crippen molar-refractivity contribution in [2.24, 2.45) is 17.8 Å². The lowest BCUT2D eigenvalue weighted by Crippen LogP contribution is -2.23. The van der Waals surface area contributed by atoms with E-state index < -0.39 is 5.60 Å². The normalized spacial score (nSPS) is 27.3. The van der Waals surface area contributed by atoms with Crippen LogP contribution in [0.15, 0.2) is 23.8 Å². The van der Waals surface area contributed by atoms with Crippen LogP contribution in [0.3, 0.4) is 0 Å². The summed E-state index contributed by atoms with van der Waals surface area (Å²) in [7, 11) is 1.42. The van der Waals surface area contributed by atoms with E-state index in [2.05, 4.69) is 35.2 Å². The van der Waals surface area contributed by atoms with Crippen molar-refractivity contribution in [3.8, 4) is 0 Å². The molecule has 0 saturated heterocycles. The third kappa shape index (κ3) is 9.07. The monoisotopic (exact) mass is 435 g/mol. The molecule has 31 heavy (non-hydrogen) atoms. The van der Waals surface area contributed by atoms with Crippen LogP contribution < -0.4 is 5.32 Å². The number of unbranched alkanes of at least 4 members (excludes halogenated alkanes) is 3. The van der Waals surface area contributed by atoms with E-state index in [1.807, 2.05) is 6.92 Å². The highest BCUT2D eigenvalue weighted by atomic mass is 16.5. The molecule has 2 rings (SSSR count). The molecule has 0 aromatic carbocycles. The van der Waals surface area contributed by atoms with Gasteiger partial charge < -0.3 is 20.3 Å². The number of carbonyl (C=O) groups is 1. The fourth-order valence-corrected chi connectivity index (χ4v) is 5.13. The molecule has 0 aromatic heterocycles. The average Bonchev–Trinajstić information content (AvgIpc) is 3.25. The van der Waals surface area contributed by atoms with Crippen molar-refractivity contribution >= 4 is 5.97 Å². The molecule has 0 radical (unpaired) electrons. The first kappa shape index (κ1) is 26.1. The molecule has 0 aromatic rings. The van der Waals surface area contributed by atoms with Gasteiger partial charge in [-0.25, -0.2) is 0 Å². The lowest BCUT2D eigenvalue weighted by atomic mass is 9.87. The van der Waals surface area contributed by atoms with Gasteiger partial charge in [-0.15, -0.1) is 0 Å². The van der Waals surface area contributed by atoms with E-state index in [-0.39, 0.29) is 18.0 Å². The molecule has 0 bridgehead atoms. The molecule has 3 N–H and O–H groups in total. The summed E-state index contributed by atoms with van der Waals surface area (Å²) in [6, 6.07) is 0. The molecule has 1 saturated carbocycles. The van der Waals surface area contributed by atoms with E-state index in [9.17, 15) is 15.0 Å². The van der Waals surface area contributed by atoms with Crippen LogP contribution in [-0.4, -0.2) is 48.1 Å². The Hall–Kier alpha value is -1.17. The van der Waals surface area contributed by atoms with Gasteiger partial charge >= 0.3 is 5.97 Å². The molecule has 5 atom stereocenters. The van der Waals surface area contributed by atoms with E-state index in [0.29, 0.717) is 31.2 Å². The van der Waals surface area contributed by atoms with Crippen molar-refractivity contribution in [1.29, 1.82) is 0 Å². The lowest BCUT2D eigenvalue weighted by molar-refractivity contribution is -0.140. The Labute approximate surface area is 189 Å². The van der Waals surface area contributed by atoms with Crippen molar-refractivity contribution in [3.63, 3.8) is 0 Å². The zero-order valence-electron chi connectivity index (χ0n) is 19.9. The van der Waals surface area contributed by atoms with Gasteiger partial charge in [0, 0.05) is 12.5 Å². The molecule has 0 unspecified atom stereocenters. The van der Waals surface area contributed by atoms with Gasteiger partial charge in [-0.3, -0.25) is 4.79 Å². The second-order valence-electron chi connectivity index (χ2n) is 9.86. The molecule has 178 valence electrons. The van der Waals surface area contributed by atoms with Crippen molar-refractivity contribution < 1.29 is 19.7 Å². The smallest absolute Gasteiger partial charge is 0.306 e. The van der Waals surface area contributed by atoms with Crippen LogP contribution in [0.5, 0.6) is 0 Å². The number of hydrogen-bond donors (Lipinski definition) is 3. The molecule has 1 fully saturated rings. The topological polar surface area (TPSA) is 78.8 Å². The molecular weight excluding hydrogens is 390 g/mol. The summed E-state index contributed by atoms with van der Waals surface area (Å²) in [5, 5.41) is 24.3. The van der Waals surface area contributed by atoms with E-state index in [4.69, 9.17) is 0 Å². The van der Waals surface area contributed by atoms with Crippen molar-refractivity contribution in [3.05, 3.63) is 23.8 Å². The predicted octanol–water partition coefficient (Wildman–Crippen LogP) is 4.53. The largest absolute Gasteiger partial charge is 0.469 e. The Morgan fingerprint density at radius 2 is 2.10 bits per heavy atom. The quantitative estimate of drug-likeness (QED) is 0.200. The molecule has 5 heteroatoms. The highest BCUT2D eigenvalue weighted by molar-refractivity contribution is 5.69. The fraction of sp³-hybridized carbons (Fsp3) is 0.808. The Morgan fingerprint density at radius 1 is 1.29 bits per heavy atom. The number of fused-ring (bicyclic) bond motifs is 1. The zero-order valence-corrected chi connectivity index (χ0v) is 19.9. The first-order chi connectivity index (χ1) is 14.9. The van der Waals surface area contributed by atoms with Gasteiger partial charge in [0.1, 0.15) is 0 Å². The highest BCUT2D eigenvalue weighted by Gasteiger charge is 2.43. The number of aliphatic hydroxyl groups is 2. The molecule has 0 amide bonds. The summed E-state index contributed by atoms with van der Waals surface area (Å²) in [4.78, 5) is 11.1. The molecular formula is C26H45NO4. The number of esters is 1. The van der Waals surface area contributed by atoms with Gasteiger partial charge in [0.25, 0.3) is 0 Å². The minimum absolute atomic E-state index is 0.161. The maximum atomic E-state index is 11.1. The minimum atomic E-state index is -0.636. The molecule has 0 spiro atoms.